The molecule has 210 valence electrons. The maximum Gasteiger partial charge on any atom is 0.136 e. The molecule has 0 amide bonds. The fourth-order valence-corrected chi connectivity index (χ4v) is 6.67. The van der Waals surface area contributed by atoms with Crippen LogP contribution in [-0.4, -0.2) is 0 Å². The van der Waals surface area contributed by atoms with Crippen molar-refractivity contribution >= 4 is 43.5 Å². The first-order valence-electron chi connectivity index (χ1n) is 17.5. The molecule has 1 nitrogen and oxygen atoms in total. The Morgan fingerprint density at radius 2 is 0.889 bits per heavy atom. The number of para-hydroxylation sites is 1. The molecule has 0 radical (unpaired) electrons. The van der Waals surface area contributed by atoms with Crippen molar-refractivity contribution in [1.82, 2.24) is 0 Å². The summed E-state index contributed by atoms with van der Waals surface area (Å²) in [7, 11) is 0. The zero-order valence-electron chi connectivity index (χ0n) is 29.2. The van der Waals surface area contributed by atoms with Gasteiger partial charge in [0.1, 0.15) is 11.2 Å². The molecule has 0 fully saturated rings. The van der Waals surface area contributed by atoms with Gasteiger partial charge in [-0.05, 0) is 84.3 Å². The molecule has 8 aromatic carbocycles. The molecule has 0 N–H and O–H groups in total. The lowest BCUT2D eigenvalue weighted by Crippen LogP contribution is -1.92. The summed E-state index contributed by atoms with van der Waals surface area (Å²) in [5, 5.41) is 5.56. The van der Waals surface area contributed by atoms with E-state index < -0.39 is 0 Å². The van der Waals surface area contributed by atoms with Gasteiger partial charge in [-0.2, -0.15) is 0 Å². The van der Waals surface area contributed by atoms with Crippen molar-refractivity contribution in [1.29, 1.82) is 0 Å². The Labute approximate surface area is 268 Å². The zero-order valence-corrected chi connectivity index (χ0v) is 24.2. The maximum atomic E-state index is 9.33. The summed E-state index contributed by atoms with van der Waals surface area (Å²) in [6.07, 6.45) is 0. The van der Waals surface area contributed by atoms with Crippen molar-refractivity contribution in [2.24, 2.45) is 0 Å². The molecule has 9 aromatic rings. The first-order valence-corrected chi connectivity index (χ1v) is 15.0. The second kappa shape index (κ2) is 10.4. The number of benzene rings is 8. The summed E-state index contributed by atoms with van der Waals surface area (Å²) in [5.74, 6) is 0. The van der Waals surface area contributed by atoms with Crippen molar-refractivity contribution in [3.8, 4) is 44.5 Å². The van der Waals surface area contributed by atoms with E-state index in [-0.39, 0.29) is 35.3 Å². The molecule has 0 aliphatic carbocycles. The quantitative estimate of drug-likeness (QED) is 0.190. The third-order valence-electron chi connectivity index (χ3n) is 8.67. The number of rotatable bonds is 4. The fraction of sp³-hybridized carbons (Fsp3) is 0. The number of furan rings is 1. The van der Waals surface area contributed by atoms with E-state index in [1.165, 1.54) is 0 Å². The Bertz CT molecular complexity index is 2720. The van der Waals surface area contributed by atoms with E-state index in [0.29, 0.717) is 17.2 Å². The van der Waals surface area contributed by atoms with Crippen LogP contribution < -0.4 is 0 Å². The Balaban J connectivity index is 1.42. The average molecular weight is 578 g/mol. The van der Waals surface area contributed by atoms with Gasteiger partial charge in [0.05, 0.1) is 6.85 Å². The van der Waals surface area contributed by atoms with Crippen molar-refractivity contribution in [3.05, 3.63) is 170 Å². The molecule has 0 aliphatic rings. The summed E-state index contributed by atoms with van der Waals surface area (Å²) in [6, 6.07) is 45.3. The van der Waals surface area contributed by atoms with Crippen LogP contribution in [0.25, 0.3) is 88.0 Å². The normalized spacial score (nSPS) is 13.1. The highest BCUT2D eigenvalue weighted by Gasteiger charge is 2.21. The Hall–Kier alpha value is -5.92. The monoisotopic (exact) mass is 577 g/mol. The molecule has 9 rings (SSSR count). The van der Waals surface area contributed by atoms with Crippen LogP contribution in [0.2, 0.25) is 0 Å². The Morgan fingerprint density at radius 1 is 0.378 bits per heavy atom. The van der Waals surface area contributed by atoms with Crippen molar-refractivity contribution < 1.29 is 11.3 Å². The predicted molar refractivity (Wildman–Crippen MR) is 190 cm³/mol. The smallest absolute Gasteiger partial charge is 0.136 e. The SMILES string of the molecule is [2H]c1ccc(-c2c([2H])c([2H])c(-c3c4ccccc4c(-c4cc(-c5ccccc5)cc5oc6ccccc6c45)c4ccccc34)c([2H])c2[2H])cc1. The highest BCUT2D eigenvalue weighted by atomic mass is 16.3. The van der Waals surface area contributed by atoms with E-state index in [1.54, 1.807) is 24.3 Å². The molecule has 0 atom stereocenters. The Morgan fingerprint density at radius 3 is 1.56 bits per heavy atom. The molecule has 1 heteroatoms. The van der Waals surface area contributed by atoms with Crippen molar-refractivity contribution in [2.45, 2.75) is 0 Å². The van der Waals surface area contributed by atoms with Crippen LogP contribution in [0, 0.1) is 0 Å². The van der Waals surface area contributed by atoms with Crippen LogP contribution in [0.3, 0.4) is 0 Å². The van der Waals surface area contributed by atoms with Gasteiger partial charge in [0.15, 0.2) is 0 Å². The van der Waals surface area contributed by atoms with Crippen LogP contribution in [0.15, 0.2) is 174 Å². The second-order valence-electron chi connectivity index (χ2n) is 11.2. The third-order valence-corrected chi connectivity index (χ3v) is 8.67. The molecule has 0 unspecified atom stereocenters. The van der Waals surface area contributed by atoms with Gasteiger partial charge in [-0.1, -0.05) is 152 Å². The van der Waals surface area contributed by atoms with Crippen LogP contribution in [0.5, 0.6) is 0 Å². The first kappa shape index (κ1) is 20.9. The minimum Gasteiger partial charge on any atom is -0.456 e. The van der Waals surface area contributed by atoms with Gasteiger partial charge in [0, 0.05) is 10.8 Å². The van der Waals surface area contributed by atoms with Gasteiger partial charge in [-0.25, -0.2) is 0 Å². The lowest BCUT2D eigenvalue weighted by molar-refractivity contribution is 0.669. The molecular weight excluding hydrogens is 544 g/mol. The van der Waals surface area contributed by atoms with Crippen LogP contribution >= 0.6 is 0 Å². The maximum absolute atomic E-state index is 9.33. The largest absolute Gasteiger partial charge is 0.456 e. The molecule has 1 heterocycles. The second-order valence-corrected chi connectivity index (χ2v) is 11.2. The Kier molecular flexibility index (Phi) is 4.81. The summed E-state index contributed by atoms with van der Waals surface area (Å²) in [6.45, 7) is 0. The van der Waals surface area contributed by atoms with Crippen molar-refractivity contribution in [3.63, 3.8) is 0 Å². The van der Waals surface area contributed by atoms with E-state index in [9.17, 15) is 2.74 Å². The minimum atomic E-state index is -0.113. The molecule has 1 aromatic heterocycles. The summed E-state index contributed by atoms with van der Waals surface area (Å²) >= 11 is 0. The van der Waals surface area contributed by atoms with E-state index in [0.717, 1.165) is 65.7 Å². The summed E-state index contributed by atoms with van der Waals surface area (Å²) in [4.78, 5) is 0. The minimum absolute atomic E-state index is 0.103. The molecule has 0 aliphatic heterocycles. The van der Waals surface area contributed by atoms with E-state index in [4.69, 9.17) is 8.53 Å². The van der Waals surface area contributed by atoms with Gasteiger partial charge >= 0.3 is 0 Å². The van der Waals surface area contributed by atoms with Gasteiger partial charge in [-0.3, -0.25) is 0 Å². The summed E-state index contributed by atoms with van der Waals surface area (Å²) < 4.78 is 51.3. The lowest BCUT2D eigenvalue weighted by atomic mass is 9.84. The van der Waals surface area contributed by atoms with Crippen LogP contribution in [0.4, 0.5) is 0 Å². The van der Waals surface area contributed by atoms with Gasteiger partial charge in [0.25, 0.3) is 0 Å². The number of hydrogen-bond donors (Lipinski definition) is 0. The van der Waals surface area contributed by atoms with Gasteiger partial charge < -0.3 is 4.42 Å². The lowest BCUT2D eigenvalue weighted by Gasteiger charge is -2.19. The summed E-state index contributed by atoms with van der Waals surface area (Å²) in [5.41, 5.74) is 7.41. The average Bonchev–Trinajstić information content (AvgIpc) is 3.53. The van der Waals surface area contributed by atoms with E-state index >= 15 is 0 Å². The first-order chi connectivity index (χ1) is 24.4. The molecule has 0 bridgehead atoms. The topological polar surface area (TPSA) is 13.1 Å². The van der Waals surface area contributed by atoms with E-state index in [2.05, 4.69) is 42.5 Å². The standard InChI is InChI=1S/C44H28O/c1-3-13-29(14-4-1)31-23-25-32(26-24-31)42-34-17-7-9-19-36(34)43(37-20-10-8-18-35(37)42)39-27-33(30-15-5-2-6-16-30)28-41-44(39)38-21-11-12-22-40(38)45-41/h1-28H/i1D,23D,24D,25D,26D. The van der Waals surface area contributed by atoms with Crippen LogP contribution in [0.1, 0.15) is 6.85 Å². The van der Waals surface area contributed by atoms with Gasteiger partial charge in [-0.15, -0.1) is 0 Å². The molecule has 0 spiro atoms. The van der Waals surface area contributed by atoms with E-state index in [1.807, 2.05) is 72.8 Å². The molecule has 45 heavy (non-hydrogen) atoms. The van der Waals surface area contributed by atoms with Crippen LogP contribution in [-0.2, 0) is 0 Å². The predicted octanol–water partition coefficient (Wildman–Crippen LogP) is 12.6. The molecule has 0 saturated heterocycles. The number of hydrogen-bond acceptors (Lipinski definition) is 1. The zero-order chi connectivity index (χ0) is 34.1. The molecular formula is C44H28O. The fourth-order valence-electron chi connectivity index (χ4n) is 6.67. The molecule has 0 saturated carbocycles. The third kappa shape index (κ3) is 4.17. The van der Waals surface area contributed by atoms with Gasteiger partial charge in [0.2, 0.25) is 0 Å². The van der Waals surface area contributed by atoms with Crippen molar-refractivity contribution in [2.75, 3.05) is 0 Å². The highest BCUT2D eigenvalue weighted by molar-refractivity contribution is 6.26. The highest BCUT2D eigenvalue weighted by Crippen LogP contribution is 2.48. The number of fused-ring (bicyclic) bond motifs is 5.